The van der Waals surface area contributed by atoms with Crippen LogP contribution < -0.4 is 11.2 Å². The number of fused-ring (bicyclic) bond motifs is 1. The standard InChI is InChI=1S/C25H24F2N4O2/c1-3-30-22-16-29(13-19-6-4-5-18(11-19)12-28)15-21(22)23(32)31(24(30)33)14-17-7-9-20(10-8-17)25(2,26)27/h4-11H,3,13-16H2,1-2H3. The fraction of sp³-hybridized carbons (Fsp3) is 0.320. The molecule has 1 aliphatic rings. The van der Waals surface area contributed by atoms with Crippen LogP contribution in [0.5, 0.6) is 0 Å². The number of benzene rings is 2. The molecule has 1 aliphatic heterocycles. The average Bonchev–Trinajstić information content (AvgIpc) is 3.20. The lowest BCUT2D eigenvalue weighted by Crippen LogP contribution is -2.42. The molecule has 1 aromatic heterocycles. The lowest BCUT2D eigenvalue weighted by atomic mass is 10.1. The van der Waals surface area contributed by atoms with E-state index in [1.54, 1.807) is 10.6 Å². The Bertz CT molecular complexity index is 1350. The van der Waals surface area contributed by atoms with E-state index < -0.39 is 11.6 Å². The van der Waals surface area contributed by atoms with Gasteiger partial charge in [0, 0.05) is 44.4 Å². The van der Waals surface area contributed by atoms with Gasteiger partial charge in [0.25, 0.3) is 11.5 Å². The molecule has 6 nitrogen and oxygen atoms in total. The van der Waals surface area contributed by atoms with Crippen LogP contribution in [0.2, 0.25) is 0 Å². The van der Waals surface area contributed by atoms with Crippen molar-refractivity contribution in [2.24, 2.45) is 0 Å². The van der Waals surface area contributed by atoms with Crippen LogP contribution >= 0.6 is 0 Å². The van der Waals surface area contributed by atoms with Crippen molar-refractivity contribution in [3.63, 3.8) is 0 Å². The zero-order valence-electron chi connectivity index (χ0n) is 18.5. The predicted octanol–water partition coefficient (Wildman–Crippen LogP) is 3.58. The number of hydrogen-bond donors (Lipinski definition) is 0. The molecule has 0 saturated heterocycles. The first-order valence-corrected chi connectivity index (χ1v) is 10.7. The number of aromatic nitrogens is 2. The van der Waals surface area contributed by atoms with Gasteiger partial charge in [0.15, 0.2) is 0 Å². The van der Waals surface area contributed by atoms with E-state index in [0.29, 0.717) is 48.6 Å². The van der Waals surface area contributed by atoms with Crippen LogP contribution in [-0.4, -0.2) is 14.0 Å². The second-order valence-electron chi connectivity index (χ2n) is 8.39. The summed E-state index contributed by atoms with van der Waals surface area (Å²) in [5.74, 6) is -2.95. The molecule has 0 unspecified atom stereocenters. The molecule has 8 heteroatoms. The van der Waals surface area contributed by atoms with Crippen LogP contribution in [0, 0.1) is 11.3 Å². The first-order valence-electron chi connectivity index (χ1n) is 10.7. The molecule has 0 amide bonds. The van der Waals surface area contributed by atoms with Crippen molar-refractivity contribution >= 4 is 0 Å². The monoisotopic (exact) mass is 450 g/mol. The molecule has 0 spiro atoms. The van der Waals surface area contributed by atoms with Gasteiger partial charge in [-0.05, 0) is 30.2 Å². The molecule has 170 valence electrons. The summed E-state index contributed by atoms with van der Waals surface area (Å²) in [6.07, 6.45) is 0. The molecule has 0 aliphatic carbocycles. The van der Waals surface area contributed by atoms with Crippen molar-refractivity contribution in [1.82, 2.24) is 14.0 Å². The number of halogens is 2. The maximum absolute atomic E-state index is 13.5. The van der Waals surface area contributed by atoms with E-state index >= 15 is 0 Å². The van der Waals surface area contributed by atoms with Gasteiger partial charge in [0.05, 0.1) is 23.7 Å². The largest absolute Gasteiger partial charge is 0.331 e. The molecule has 4 rings (SSSR count). The topological polar surface area (TPSA) is 71.0 Å². The first-order chi connectivity index (χ1) is 15.7. The van der Waals surface area contributed by atoms with E-state index in [-0.39, 0.29) is 17.7 Å². The van der Waals surface area contributed by atoms with E-state index in [9.17, 15) is 18.4 Å². The summed E-state index contributed by atoms with van der Waals surface area (Å²) in [5.41, 5.74) is 2.55. The Labute approximate surface area is 189 Å². The van der Waals surface area contributed by atoms with Crippen LogP contribution in [0.3, 0.4) is 0 Å². The molecular weight excluding hydrogens is 426 g/mol. The van der Waals surface area contributed by atoms with Gasteiger partial charge < -0.3 is 0 Å². The minimum Gasteiger partial charge on any atom is -0.296 e. The number of nitrogens with zero attached hydrogens (tertiary/aromatic N) is 4. The zero-order valence-corrected chi connectivity index (χ0v) is 18.5. The minimum absolute atomic E-state index is 0.0186. The van der Waals surface area contributed by atoms with E-state index in [0.717, 1.165) is 12.5 Å². The number of hydrogen-bond acceptors (Lipinski definition) is 4. The lowest BCUT2D eigenvalue weighted by Gasteiger charge is -2.15. The van der Waals surface area contributed by atoms with E-state index in [4.69, 9.17) is 5.26 Å². The summed E-state index contributed by atoms with van der Waals surface area (Å²) in [6.45, 7) is 4.53. The molecule has 0 atom stereocenters. The average molecular weight is 450 g/mol. The minimum atomic E-state index is -2.95. The summed E-state index contributed by atoms with van der Waals surface area (Å²) in [4.78, 5) is 28.4. The maximum Gasteiger partial charge on any atom is 0.331 e. The Balaban J connectivity index is 1.64. The van der Waals surface area contributed by atoms with Gasteiger partial charge in [-0.1, -0.05) is 36.4 Å². The van der Waals surface area contributed by atoms with Crippen molar-refractivity contribution in [3.8, 4) is 6.07 Å². The SMILES string of the molecule is CCn1c2c(c(=O)n(Cc3ccc(C(C)(F)F)cc3)c1=O)CN(Cc1cccc(C#N)c1)C2. The van der Waals surface area contributed by atoms with Crippen LogP contribution in [0.15, 0.2) is 58.1 Å². The van der Waals surface area contributed by atoms with Crippen LogP contribution in [0.1, 0.15) is 47.4 Å². The van der Waals surface area contributed by atoms with Crippen LogP contribution in [-0.2, 0) is 38.6 Å². The normalized spacial score (nSPS) is 13.7. The highest BCUT2D eigenvalue weighted by molar-refractivity contribution is 5.33. The molecule has 3 aromatic rings. The molecule has 0 fully saturated rings. The Hall–Kier alpha value is -3.57. The highest BCUT2D eigenvalue weighted by atomic mass is 19.3. The van der Waals surface area contributed by atoms with Gasteiger partial charge in [-0.2, -0.15) is 5.26 Å². The first kappa shape index (κ1) is 22.6. The summed E-state index contributed by atoms with van der Waals surface area (Å²) in [6, 6.07) is 15.1. The van der Waals surface area contributed by atoms with Gasteiger partial charge in [-0.25, -0.2) is 13.6 Å². The van der Waals surface area contributed by atoms with Gasteiger partial charge in [-0.15, -0.1) is 0 Å². The highest BCUT2D eigenvalue weighted by Crippen LogP contribution is 2.27. The summed E-state index contributed by atoms with van der Waals surface area (Å²) in [7, 11) is 0. The van der Waals surface area contributed by atoms with Crippen molar-refractivity contribution in [2.75, 3.05) is 0 Å². The third-order valence-corrected chi connectivity index (χ3v) is 5.97. The summed E-state index contributed by atoms with van der Waals surface area (Å²) in [5, 5.41) is 9.12. The molecule has 0 bridgehead atoms. The van der Waals surface area contributed by atoms with Crippen molar-refractivity contribution < 1.29 is 8.78 Å². The Morgan fingerprint density at radius 1 is 1.00 bits per heavy atom. The molecule has 33 heavy (non-hydrogen) atoms. The molecule has 0 N–H and O–H groups in total. The molecule has 0 saturated carbocycles. The second-order valence-corrected chi connectivity index (χ2v) is 8.39. The summed E-state index contributed by atoms with van der Waals surface area (Å²) >= 11 is 0. The molecule has 0 radical (unpaired) electrons. The third-order valence-electron chi connectivity index (χ3n) is 5.97. The number of rotatable bonds is 6. The predicted molar refractivity (Wildman–Crippen MR) is 120 cm³/mol. The molecule has 2 aromatic carbocycles. The van der Waals surface area contributed by atoms with Crippen LogP contribution in [0.25, 0.3) is 0 Å². The van der Waals surface area contributed by atoms with Crippen molar-refractivity contribution in [3.05, 3.63) is 103 Å². The Morgan fingerprint density at radius 2 is 1.73 bits per heavy atom. The maximum atomic E-state index is 13.5. The fourth-order valence-corrected chi connectivity index (χ4v) is 4.29. The van der Waals surface area contributed by atoms with Gasteiger partial charge in [0.2, 0.25) is 0 Å². The van der Waals surface area contributed by atoms with E-state index in [2.05, 4.69) is 11.0 Å². The molecular formula is C25H24F2N4O2. The number of nitriles is 1. The van der Waals surface area contributed by atoms with E-state index in [1.165, 1.54) is 28.8 Å². The third kappa shape index (κ3) is 4.50. The second kappa shape index (κ2) is 8.75. The van der Waals surface area contributed by atoms with Crippen molar-refractivity contribution in [2.45, 2.75) is 52.5 Å². The van der Waals surface area contributed by atoms with Gasteiger partial charge >= 0.3 is 5.69 Å². The smallest absolute Gasteiger partial charge is 0.296 e. The zero-order chi connectivity index (χ0) is 23.8. The highest BCUT2D eigenvalue weighted by Gasteiger charge is 2.28. The lowest BCUT2D eigenvalue weighted by molar-refractivity contribution is 0.0174. The molecule has 2 heterocycles. The Kier molecular flexibility index (Phi) is 6.00. The van der Waals surface area contributed by atoms with Crippen molar-refractivity contribution in [1.29, 1.82) is 5.26 Å². The van der Waals surface area contributed by atoms with E-state index in [1.807, 2.05) is 25.1 Å². The van der Waals surface area contributed by atoms with Gasteiger partial charge in [-0.3, -0.25) is 18.8 Å². The Morgan fingerprint density at radius 3 is 2.36 bits per heavy atom. The fourth-order valence-electron chi connectivity index (χ4n) is 4.29. The number of alkyl halides is 2. The quantitative estimate of drug-likeness (QED) is 0.576. The van der Waals surface area contributed by atoms with Gasteiger partial charge in [0.1, 0.15) is 0 Å². The summed E-state index contributed by atoms with van der Waals surface area (Å²) < 4.78 is 29.8. The van der Waals surface area contributed by atoms with Crippen LogP contribution in [0.4, 0.5) is 8.78 Å².